The molecule has 0 fully saturated rings. The van der Waals surface area contributed by atoms with Gasteiger partial charge in [-0.3, -0.25) is 4.99 Å². The lowest BCUT2D eigenvalue weighted by Gasteiger charge is -2.06. The van der Waals surface area contributed by atoms with E-state index in [1.165, 1.54) is 0 Å². The highest BCUT2D eigenvalue weighted by Crippen LogP contribution is 2.29. The van der Waals surface area contributed by atoms with E-state index in [-0.39, 0.29) is 0 Å². The second-order valence-electron chi connectivity index (χ2n) is 3.44. The average Bonchev–Trinajstić information content (AvgIpc) is 2.87. The highest BCUT2D eigenvalue weighted by atomic mass is 35.5. The van der Waals surface area contributed by atoms with Crippen molar-refractivity contribution in [1.82, 2.24) is 10.3 Å². The van der Waals surface area contributed by atoms with Crippen LogP contribution in [0, 0.1) is 0 Å². The van der Waals surface area contributed by atoms with E-state index in [9.17, 15) is 0 Å². The summed E-state index contributed by atoms with van der Waals surface area (Å²) in [5.74, 6) is 0.805. The lowest BCUT2D eigenvalue weighted by atomic mass is 10.3. The molecule has 16 heavy (non-hydrogen) atoms. The Morgan fingerprint density at radius 1 is 1.44 bits per heavy atom. The van der Waals surface area contributed by atoms with Crippen LogP contribution in [0.5, 0.6) is 0 Å². The largest absolute Gasteiger partial charge is 0.354 e. The standard InChI is InChI=1S/C10H9ClN4S/c11-7-3-6(15-10-12-1-2-13-10)4-8-9(7)14-5-16-8/h3-5H,1-2H2,(H2,12,13,15). The van der Waals surface area contributed by atoms with Crippen LogP contribution >= 0.6 is 22.9 Å². The number of nitrogens with zero attached hydrogens (tertiary/aromatic N) is 2. The number of hydrogen-bond donors (Lipinski definition) is 2. The van der Waals surface area contributed by atoms with Crippen molar-refractivity contribution in [1.29, 1.82) is 0 Å². The summed E-state index contributed by atoms with van der Waals surface area (Å²) in [4.78, 5) is 8.47. The quantitative estimate of drug-likeness (QED) is 0.819. The van der Waals surface area contributed by atoms with Crippen molar-refractivity contribution in [3.8, 4) is 0 Å². The van der Waals surface area contributed by atoms with E-state index >= 15 is 0 Å². The van der Waals surface area contributed by atoms with Crippen LogP contribution in [-0.4, -0.2) is 24.0 Å². The molecule has 0 bridgehead atoms. The molecule has 82 valence electrons. The third-order valence-corrected chi connectivity index (χ3v) is 3.39. The molecule has 0 saturated heterocycles. The SMILES string of the molecule is Clc1cc(NC2=NCCN2)cc2scnc12. The Hall–Kier alpha value is -1.33. The highest BCUT2D eigenvalue weighted by Gasteiger charge is 2.08. The van der Waals surface area contributed by atoms with E-state index in [1.807, 2.05) is 12.1 Å². The molecule has 1 aromatic heterocycles. The Kier molecular flexibility index (Phi) is 2.41. The monoisotopic (exact) mass is 252 g/mol. The first kappa shape index (κ1) is 9.86. The molecule has 4 nitrogen and oxygen atoms in total. The minimum atomic E-state index is 0.667. The van der Waals surface area contributed by atoms with Gasteiger partial charge in [0.15, 0.2) is 5.96 Å². The molecule has 3 rings (SSSR count). The summed E-state index contributed by atoms with van der Waals surface area (Å²) in [6.45, 7) is 1.71. The number of aliphatic imine (C=N–C) groups is 1. The minimum Gasteiger partial charge on any atom is -0.354 e. The molecule has 0 aliphatic carbocycles. The smallest absolute Gasteiger partial charge is 0.195 e. The van der Waals surface area contributed by atoms with Crippen molar-refractivity contribution in [2.45, 2.75) is 0 Å². The minimum absolute atomic E-state index is 0.667. The van der Waals surface area contributed by atoms with Crippen LogP contribution in [0.25, 0.3) is 10.2 Å². The van der Waals surface area contributed by atoms with Crippen LogP contribution in [-0.2, 0) is 0 Å². The fourth-order valence-electron chi connectivity index (χ4n) is 1.62. The summed E-state index contributed by atoms with van der Waals surface area (Å²) in [6, 6.07) is 3.90. The Morgan fingerprint density at radius 2 is 2.38 bits per heavy atom. The second kappa shape index (κ2) is 3.92. The Balaban J connectivity index is 1.97. The van der Waals surface area contributed by atoms with Gasteiger partial charge < -0.3 is 10.6 Å². The molecule has 1 aromatic carbocycles. The van der Waals surface area contributed by atoms with Gasteiger partial charge in [-0.15, -0.1) is 11.3 Å². The second-order valence-corrected chi connectivity index (χ2v) is 4.73. The first-order chi connectivity index (χ1) is 7.83. The van der Waals surface area contributed by atoms with E-state index in [2.05, 4.69) is 20.6 Å². The lowest BCUT2D eigenvalue weighted by Crippen LogP contribution is -2.26. The molecule has 0 radical (unpaired) electrons. The highest BCUT2D eigenvalue weighted by molar-refractivity contribution is 7.16. The van der Waals surface area contributed by atoms with E-state index in [0.29, 0.717) is 5.02 Å². The van der Waals surface area contributed by atoms with Crippen LogP contribution in [0.4, 0.5) is 5.69 Å². The van der Waals surface area contributed by atoms with Gasteiger partial charge in [0.25, 0.3) is 0 Å². The Morgan fingerprint density at radius 3 is 3.19 bits per heavy atom. The molecule has 1 aliphatic heterocycles. The zero-order chi connectivity index (χ0) is 11.0. The first-order valence-electron chi connectivity index (χ1n) is 4.91. The van der Waals surface area contributed by atoms with Gasteiger partial charge in [0.05, 0.1) is 27.3 Å². The third-order valence-electron chi connectivity index (χ3n) is 2.33. The number of aromatic nitrogens is 1. The van der Waals surface area contributed by atoms with Crippen molar-refractivity contribution in [2.75, 3.05) is 18.4 Å². The molecule has 0 atom stereocenters. The molecular formula is C10H9ClN4S. The predicted molar refractivity (Wildman–Crippen MR) is 68.6 cm³/mol. The van der Waals surface area contributed by atoms with E-state index in [1.54, 1.807) is 16.8 Å². The van der Waals surface area contributed by atoms with Crippen molar-refractivity contribution < 1.29 is 0 Å². The fourth-order valence-corrected chi connectivity index (χ4v) is 2.68. The predicted octanol–water partition coefficient (Wildman–Crippen LogP) is 2.32. The van der Waals surface area contributed by atoms with Gasteiger partial charge >= 0.3 is 0 Å². The summed E-state index contributed by atoms with van der Waals surface area (Å²) in [5.41, 5.74) is 3.60. The third kappa shape index (κ3) is 1.72. The number of benzene rings is 1. The molecule has 0 spiro atoms. The van der Waals surface area contributed by atoms with Crippen LogP contribution in [0.2, 0.25) is 5.02 Å². The van der Waals surface area contributed by atoms with Gasteiger partial charge in [-0.1, -0.05) is 11.6 Å². The van der Waals surface area contributed by atoms with Crippen LogP contribution in [0.3, 0.4) is 0 Å². The zero-order valence-electron chi connectivity index (χ0n) is 8.33. The van der Waals surface area contributed by atoms with Gasteiger partial charge in [0.2, 0.25) is 0 Å². The Bertz CT molecular complexity index is 563. The first-order valence-corrected chi connectivity index (χ1v) is 6.17. The molecule has 1 aliphatic rings. The number of fused-ring (bicyclic) bond motifs is 1. The van der Waals surface area contributed by atoms with Gasteiger partial charge in [-0.25, -0.2) is 4.98 Å². The average molecular weight is 253 g/mol. The van der Waals surface area contributed by atoms with E-state index < -0.39 is 0 Å². The number of hydrogen-bond acceptors (Lipinski definition) is 5. The Labute approximate surface area is 101 Å². The fraction of sp³-hybridized carbons (Fsp3) is 0.200. The number of thiazole rings is 1. The lowest BCUT2D eigenvalue weighted by molar-refractivity contribution is 0.959. The molecule has 2 heterocycles. The number of rotatable bonds is 1. The molecule has 6 heteroatoms. The normalized spacial score (nSPS) is 14.9. The maximum absolute atomic E-state index is 6.13. The van der Waals surface area contributed by atoms with E-state index in [0.717, 1.165) is 35.0 Å². The van der Waals surface area contributed by atoms with Gasteiger partial charge in [-0.05, 0) is 12.1 Å². The maximum atomic E-state index is 6.13. The van der Waals surface area contributed by atoms with Crippen molar-refractivity contribution in [3.05, 3.63) is 22.7 Å². The molecular weight excluding hydrogens is 244 g/mol. The van der Waals surface area contributed by atoms with Crippen LogP contribution in [0.1, 0.15) is 0 Å². The maximum Gasteiger partial charge on any atom is 0.195 e. The number of halogens is 1. The number of guanidine groups is 1. The molecule has 2 N–H and O–H groups in total. The number of nitrogens with one attached hydrogen (secondary N) is 2. The van der Waals surface area contributed by atoms with Crippen LogP contribution in [0.15, 0.2) is 22.6 Å². The van der Waals surface area contributed by atoms with Gasteiger partial charge in [-0.2, -0.15) is 0 Å². The molecule has 0 amide bonds. The number of anilines is 1. The topological polar surface area (TPSA) is 49.3 Å². The molecule has 2 aromatic rings. The van der Waals surface area contributed by atoms with Crippen molar-refractivity contribution >= 4 is 44.8 Å². The summed E-state index contributed by atoms with van der Waals surface area (Å²) in [7, 11) is 0. The van der Waals surface area contributed by atoms with Crippen molar-refractivity contribution in [2.24, 2.45) is 4.99 Å². The van der Waals surface area contributed by atoms with Crippen LogP contribution < -0.4 is 10.6 Å². The zero-order valence-corrected chi connectivity index (χ0v) is 9.90. The van der Waals surface area contributed by atoms with Gasteiger partial charge in [0, 0.05) is 12.2 Å². The molecule has 0 saturated carbocycles. The summed E-state index contributed by atoms with van der Waals surface area (Å²) in [5, 5.41) is 7.01. The summed E-state index contributed by atoms with van der Waals surface area (Å²) >= 11 is 7.71. The summed E-state index contributed by atoms with van der Waals surface area (Å²) in [6.07, 6.45) is 0. The summed E-state index contributed by atoms with van der Waals surface area (Å²) < 4.78 is 1.08. The van der Waals surface area contributed by atoms with Gasteiger partial charge in [0.1, 0.15) is 0 Å². The van der Waals surface area contributed by atoms with E-state index in [4.69, 9.17) is 11.6 Å². The molecule has 0 unspecified atom stereocenters. The van der Waals surface area contributed by atoms with Crippen molar-refractivity contribution in [3.63, 3.8) is 0 Å².